The first-order valence-electron chi connectivity index (χ1n) is 13.4. The maximum Gasteiger partial charge on any atom is 0.416 e. The molecule has 3 fully saturated rings. The molecule has 1 unspecified atom stereocenters. The number of hydrogen-bond acceptors (Lipinski definition) is 4. The molecule has 1 aromatic heterocycles. The Labute approximate surface area is 232 Å². The van der Waals surface area contributed by atoms with Gasteiger partial charge in [0.15, 0.2) is 5.78 Å². The van der Waals surface area contributed by atoms with Gasteiger partial charge in [0.1, 0.15) is 5.60 Å². The van der Waals surface area contributed by atoms with Gasteiger partial charge in [0.25, 0.3) is 0 Å². The number of fused-ring (bicyclic) bond motifs is 4. The number of aryl methyl sites for hydroxylation is 1. The molecule has 2 aromatic carbocycles. The van der Waals surface area contributed by atoms with Crippen molar-refractivity contribution in [3.8, 4) is 0 Å². The summed E-state index contributed by atoms with van der Waals surface area (Å²) >= 11 is 0. The number of para-hydroxylation sites is 1. The van der Waals surface area contributed by atoms with E-state index in [2.05, 4.69) is 15.2 Å². The summed E-state index contributed by atoms with van der Waals surface area (Å²) in [7, 11) is 0. The summed E-state index contributed by atoms with van der Waals surface area (Å²) in [6, 6.07) is 7.53. The summed E-state index contributed by atoms with van der Waals surface area (Å²) in [4.78, 5) is 31.8. The zero-order valence-corrected chi connectivity index (χ0v) is 22.0. The van der Waals surface area contributed by atoms with Crippen LogP contribution in [0.4, 0.5) is 31.1 Å². The second kappa shape index (κ2) is 11.0. The zero-order valence-electron chi connectivity index (χ0n) is 22.0. The van der Waals surface area contributed by atoms with E-state index in [9.17, 15) is 35.9 Å². The van der Waals surface area contributed by atoms with E-state index >= 15 is 0 Å². The molecule has 3 aliphatic rings. The highest BCUT2D eigenvalue weighted by Gasteiger charge is 2.43. The van der Waals surface area contributed by atoms with Crippen LogP contribution in [0.3, 0.4) is 0 Å². The van der Waals surface area contributed by atoms with Crippen LogP contribution in [0.25, 0.3) is 10.9 Å². The van der Waals surface area contributed by atoms with Gasteiger partial charge in [-0.1, -0.05) is 18.2 Å². The maximum absolute atomic E-state index is 13.4. The zero-order chi connectivity index (χ0) is 29.4. The SMILES string of the molecule is O=C(NC(Cc1c[nH]c2ccccc12)C(=O)CCc1cc(C(F)(F)F)cc(C(F)(F)F)c1)OC12CCN(CC1)CC2. The number of H-pyrrole nitrogens is 1. The maximum atomic E-state index is 13.4. The third-order valence-corrected chi connectivity index (χ3v) is 8.05. The van der Waals surface area contributed by atoms with E-state index in [1.807, 2.05) is 24.3 Å². The van der Waals surface area contributed by atoms with E-state index < -0.39 is 47.0 Å². The molecule has 220 valence electrons. The molecular weight excluding hydrogens is 552 g/mol. The molecule has 0 spiro atoms. The molecule has 3 aliphatic heterocycles. The number of piperidine rings is 3. The predicted molar refractivity (Wildman–Crippen MR) is 138 cm³/mol. The number of aromatic amines is 1. The summed E-state index contributed by atoms with van der Waals surface area (Å²) in [5, 5.41) is 3.48. The van der Waals surface area contributed by atoms with Gasteiger partial charge in [0.2, 0.25) is 0 Å². The summed E-state index contributed by atoms with van der Waals surface area (Å²) in [5.41, 5.74) is -2.23. The molecule has 41 heavy (non-hydrogen) atoms. The molecule has 2 N–H and O–H groups in total. The molecule has 12 heteroatoms. The Morgan fingerprint density at radius 2 is 1.56 bits per heavy atom. The molecule has 3 saturated heterocycles. The van der Waals surface area contributed by atoms with Crippen molar-refractivity contribution < 1.29 is 40.7 Å². The second-order valence-corrected chi connectivity index (χ2v) is 10.8. The number of alkyl carbamates (subject to hydrolysis) is 1. The second-order valence-electron chi connectivity index (χ2n) is 10.8. The number of carbonyl (C=O) groups excluding carboxylic acids is 2. The number of hydrogen-bond donors (Lipinski definition) is 2. The van der Waals surface area contributed by atoms with E-state index in [0.29, 0.717) is 31.4 Å². The van der Waals surface area contributed by atoms with Gasteiger partial charge < -0.3 is 19.9 Å². The van der Waals surface area contributed by atoms with Crippen molar-refractivity contribution in [1.82, 2.24) is 15.2 Å². The topological polar surface area (TPSA) is 74.4 Å². The quantitative estimate of drug-likeness (QED) is 0.307. The third-order valence-electron chi connectivity index (χ3n) is 8.05. The highest BCUT2D eigenvalue weighted by molar-refractivity contribution is 5.89. The van der Waals surface area contributed by atoms with Crippen molar-refractivity contribution in [2.24, 2.45) is 0 Å². The first-order chi connectivity index (χ1) is 19.3. The van der Waals surface area contributed by atoms with Gasteiger partial charge in [-0.15, -0.1) is 0 Å². The Kier molecular flexibility index (Phi) is 7.80. The van der Waals surface area contributed by atoms with Crippen LogP contribution in [0.5, 0.6) is 0 Å². The van der Waals surface area contributed by atoms with Crippen LogP contribution in [0.2, 0.25) is 0 Å². The molecule has 1 amide bonds. The summed E-state index contributed by atoms with van der Waals surface area (Å²) < 4.78 is 85.6. The molecule has 0 aliphatic carbocycles. The molecule has 0 saturated carbocycles. The number of aromatic nitrogens is 1. The van der Waals surface area contributed by atoms with Crippen molar-refractivity contribution in [1.29, 1.82) is 0 Å². The number of nitrogens with one attached hydrogen (secondary N) is 2. The summed E-state index contributed by atoms with van der Waals surface area (Å²) in [5.74, 6) is -0.533. The van der Waals surface area contributed by atoms with Gasteiger partial charge in [0, 0.05) is 68.8 Å². The van der Waals surface area contributed by atoms with Crippen LogP contribution in [0.1, 0.15) is 47.9 Å². The Bertz CT molecular complexity index is 1380. The van der Waals surface area contributed by atoms with Gasteiger partial charge in [0.05, 0.1) is 17.2 Å². The van der Waals surface area contributed by atoms with E-state index in [4.69, 9.17) is 4.74 Å². The number of amides is 1. The largest absolute Gasteiger partial charge is 0.443 e. The normalized spacial score (nSPS) is 21.6. The lowest BCUT2D eigenvalue weighted by atomic mass is 9.83. The Balaban J connectivity index is 1.35. The molecule has 4 heterocycles. The summed E-state index contributed by atoms with van der Waals surface area (Å²) in [6.07, 6.45) is -7.69. The van der Waals surface area contributed by atoms with Crippen molar-refractivity contribution in [3.63, 3.8) is 0 Å². The lowest BCUT2D eigenvalue weighted by Crippen LogP contribution is -2.56. The van der Waals surface area contributed by atoms with Crippen LogP contribution in [0.15, 0.2) is 48.7 Å². The van der Waals surface area contributed by atoms with Gasteiger partial charge in [-0.25, -0.2) is 4.79 Å². The number of rotatable bonds is 8. The Hall–Kier alpha value is -3.54. The standard InChI is InChI=1S/C29H29F6N3O3/c30-28(31,32)20-13-18(14-21(16-20)29(33,34)35)5-6-25(39)24(15-19-17-36-23-4-2-1-3-22(19)23)37-26(40)41-27-7-10-38(11-8-27)12-9-27/h1-4,13-14,16-17,24,36H,5-12,15H2,(H,37,40). The van der Waals surface area contributed by atoms with Crippen molar-refractivity contribution in [2.45, 2.75) is 62.5 Å². The summed E-state index contributed by atoms with van der Waals surface area (Å²) in [6.45, 7) is 2.42. The molecular formula is C29H29F6N3O3. The molecule has 2 bridgehead atoms. The number of halogens is 6. The van der Waals surface area contributed by atoms with Gasteiger partial charge in [-0.3, -0.25) is 4.79 Å². The fourth-order valence-electron chi connectivity index (χ4n) is 5.69. The van der Waals surface area contributed by atoms with Gasteiger partial charge >= 0.3 is 18.4 Å². The number of Topliss-reactive ketones (excluding diaryl/α,β-unsaturated/α-hetero) is 1. The molecule has 1 atom stereocenters. The number of nitrogens with zero attached hydrogens (tertiary/aromatic N) is 1. The minimum absolute atomic E-state index is 0.0534. The number of ketones is 1. The van der Waals surface area contributed by atoms with E-state index in [1.165, 1.54) is 0 Å². The lowest BCUT2D eigenvalue weighted by molar-refractivity contribution is -0.143. The number of carbonyl (C=O) groups is 2. The molecule has 6 rings (SSSR count). The van der Waals surface area contributed by atoms with Crippen molar-refractivity contribution in [3.05, 3.63) is 70.9 Å². The van der Waals surface area contributed by atoms with Gasteiger partial charge in [-0.05, 0) is 41.8 Å². The predicted octanol–water partition coefficient (Wildman–Crippen LogP) is 6.28. The highest BCUT2D eigenvalue weighted by atomic mass is 19.4. The minimum Gasteiger partial charge on any atom is -0.443 e. The van der Waals surface area contributed by atoms with Crippen LogP contribution >= 0.6 is 0 Å². The first-order valence-corrected chi connectivity index (χ1v) is 13.4. The molecule has 6 nitrogen and oxygen atoms in total. The number of ether oxygens (including phenoxy) is 1. The first kappa shape index (κ1) is 29.0. The number of alkyl halides is 6. The Morgan fingerprint density at radius 3 is 2.17 bits per heavy atom. The van der Waals surface area contributed by atoms with E-state index in [1.54, 1.807) is 6.20 Å². The Morgan fingerprint density at radius 1 is 0.951 bits per heavy atom. The highest BCUT2D eigenvalue weighted by Crippen LogP contribution is 2.37. The molecule has 0 radical (unpaired) electrons. The lowest BCUT2D eigenvalue weighted by Gasteiger charge is -2.47. The van der Waals surface area contributed by atoms with Crippen LogP contribution < -0.4 is 5.32 Å². The van der Waals surface area contributed by atoms with E-state index in [0.717, 1.165) is 36.1 Å². The fourth-order valence-corrected chi connectivity index (χ4v) is 5.69. The number of benzene rings is 2. The average Bonchev–Trinajstić information content (AvgIpc) is 3.33. The van der Waals surface area contributed by atoms with Crippen LogP contribution in [-0.4, -0.2) is 53.0 Å². The van der Waals surface area contributed by atoms with Crippen LogP contribution in [0, 0.1) is 0 Å². The van der Waals surface area contributed by atoms with Crippen molar-refractivity contribution in [2.75, 3.05) is 19.6 Å². The smallest absolute Gasteiger partial charge is 0.416 e. The van der Waals surface area contributed by atoms with E-state index in [-0.39, 0.29) is 30.9 Å². The molecule has 3 aromatic rings. The minimum atomic E-state index is -4.99. The van der Waals surface area contributed by atoms with Crippen molar-refractivity contribution >= 4 is 22.8 Å². The fraction of sp³-hybridized carbons (Fsp3) is 0.448. The van der Waals surface area contributed by atoms with Gasteiger partial charge in [-0.2, -0.15) is 26.3 Å². The average molecular weight is 582 g/mol. The van der Waals surface area contributed by atoms with Crippen LogP contribution in [-0.2, 0) is 34.7 Å². The monoisotopic (exact) mass is 581 g/mol. The third kappa shape index (κ3) is 6.69.